The van der Waals surface area contributed by atoms with E-state index >= 15 is 0 Å². The van der Waals surface area contributed by atoms with Crippen LogP contribution >= 0.6 is 0 Å². The van der Waals surface area contributed by atoms with Crippen LogP contribution in [0.1, 0.15) is 11.3 Å². The van der Waals surface area contributed by atoms with E-state index in [2.05, 4.69) is 29.2 Å². The first-order valence-corrected chi connectivity index (χ1v) is 5.31. The Bertz CT molecular complexity index is 462. The van der Waals surface area contributed by atoms with Gasteiger partial charge in [0.05, 0.1) is 12.3 Å². The second-order valence-electron chi connectivity index (χ2n) is 3.79. The Labute approximate surface area is 95.9 Å². The smallest absolute Gasteiger partial charge is 0.0713 e. The zero-order valence-electron chi connectivity index (χ0n) is 9.60. The molecule has 0 bridgehead atoms. The Kier molecular flexibility index (Phi) is 3.32. The summed E-state index contributed by atoms with van der Waals surface area (Å²) in [6.45, 7) is 2.66. The van der Waals surface area contributed by atoms with E-state index in [1.54, 1.807) is 7.11 Å². The Hall–Kier alpha value is -1.67. The van der Waals surface area contributed by atoms with Gasteiger partial charge in [-0.05, 0) is 24.6 Å². The summed E-state index contributed by atoms with van der Waals surface area (Å²) in [4.78, 5) is 4.49. The van der Waals surface area contributed by atoms with Gasteiger partial charge in [0.15, 0.2) is 0 Å². The summed E-state index contributed by atoms with van der Waals surface area (Å²) in [5, 5.41) is 0. The van der Waals surface area contributed by atoms with Gasteiger partial charge in [-0.25, -0.2) is 0 Å². The Morgan fingerprint density at radius 1 is 1.06 bits per heavy atom. The van der Waals surface area contributed by atoms with Crippen LogP contribution in [0.4, 0.5) is 0 Å². The fourth-order valence-corrected chi connectivity index (χ4v) is 1.64. The van der Waals surface area contributed by atoms with Crippen molar-refractivity contribution >= 4 is 0 Å². The first-order chi connectivity index (χ1) is 7.79. The Balaban J connectivity index is 2.27. The Morgan fingerprint density at radius 3 is 2.44 bits per heavy atom. The molecule has 0 N–H and O–H groups in total. The highest BCUT2D eigenvalue weighted by Crippen LogP contribution is 2.17. The third kappa shape index (κ3) is 2.47. The maximum absolute atomic E-state index is 5.08. The maximum Gasteiger partial charge on any atom is 0.0713 e. The van der Waals surface area contributed by atoms with Crippen molar-refractivity contribution in [3.63, 3.8) is 0 Å². The molecule has 0 aliphatic carbocycles. The molecule has 0 saturated heterocycles. The quantitative estimate of drug-likeness (QED) is 0.781. The van der Waals surface area contributed by atoms with Gasteiger partial charge in [0.2, 0.25) is 0 Å². The summed E-state index contributed by atoms with van der Waals surface area (Å²) in [6.07, 6.45) is 0. The molecule has 0 amide bonds. The molecule has 0 spiro atoms. The van der Waals surface area contributed by atoms with Crippen LogP contribution in [0, 0.1) is 6.92 Å². The van der Waals surface area contributed by atoms with Gasteiger partial charge in [0, 0.05) is 18.4 Å². The predicted molar refractivity (Wildman–Crippen MR) is 65.1 cm³/mol. The molecule has 2 aromatic rings. The molecule has 0 fully saturated rings. The van der Waals surface area contributed by atoms with Gasteiger partial charge in [-0.1, -0.05) is 30.3 Å². The third-order valence-electron chi connectivity index (χ3n) is 2.45. The van der Waals surface area contributed by atoms with E-state index in [-0.39, 0.29) is 0 Å². The molecule has 1 aromatic carbocycles. The van der Waals surface area contributed by atoms with Crippen molar-refractivity contribution in [1.29, 1.82) is 0 Å². The Morgan fingerprint density at radius 2 is 1.81 bits per heavy atom. The van der Waals surface area contributed by atoms with Crippen molar-refractivity contribution in [2.45, 2.75) is 13.5 Å². The minimum atomic E-state index is 0.654. The lowest BCUT2D eigenvalue weighted by atomic mass is 10.1. The van der Waals surface area contributed by atoms with E-state index in [9.17, 15) is 0 Å². The second-order valence-corrected chi connectivity index (χ2v) is 3.79. The predicted octanol–water partition coefficient (Wildman–Crippen LogP) is 3.20. The largest absolute Gasteiger partial charge is 0.380 e. The van der Waals surface area contributed by atoms with Crippen molar-refractivity contribution in [1.82, 2.24) is 4.98 Å². The lowest BCUT2D eigenvalue weighted by Crippen LogP contribution is -1.89. The van der Waals surface area contributed by atoms with Crippen molar-refractivity contribution < 1.29 is 4.74 Å². The summed E-state index contributed by atoms with van der Waals surface area (Å²) in [5.41, 5.74) is 4.38. The standard InChI is InChI=1S/C14H15NO/c1-11-4-3-5-14(15-11)13-8-6-12(7-9-13)10-16-2/h3-9H,10H2,1-2H3. The van der Waals surface area contributed by atoms with Crippen LogP contribution in [0.5, 0.6) is 0 Å². The SMILES string of the molecule is COCc1ccc(-c2cccc(C)n2)cc1. The second kappa shape index (κ2) is 4.90. The lowest BCUT2D eigenvalue weighted by Gasteiger charge is -2.04. The summed E-state index contributed by atoms with van der Waals surface area (Å²) in [7, 11) is 1.70. The van der Waals surface area contributed by atoms with Crippen molar-refractivity contribution in [2.75, 3.05) is 7.11 Å². The number of benzene rings is 1. The molecule has 0 unspecified atom stereocenters. The van der Waals surface area contributed by atoms with Crippen LogP contribution in [-0.4, -0.2) is 12.1 Å². The number of pyridine rings is 1. The summed E-state index contributed by atoms with van der Waals surface area (Å²) in [5.74, 6) is 0. The zero-order chi connectivity index (χ0) is 11.4. The van der Waals surface area contributed by atoms with E-state index in [0.717, 1.165) is 17.0 Å². The monoisotopic (exact) mass is 213 g/mol. The number of aromatic nitrogens is 1. The zero-order valence-corrected chi connectivity index (χ0v) is 9.60. The molecule has 1 aromatic heterocycles. The molecular formula is C14H15NO. The molecule has 1 heterocycles. The van der Waals surface area contributed by atoms with Gasteiger partial charge in [0.25, 0.3) is 0 Å². The highest BCUT2D eigenvalue weighted by atomic mass is 16.5. The van der Waals surface area contributed by atoms with Crippen molar-refractivity contribution in [3.05, 3.63) is 53.7 Å². The molecule has 2 rings (SSSR count). The third-order valence-corrected chi connectivity index (χ3v) is 2.45. The van der Waals surface area contributed by atoms with Crippen LogP contribution in [0.25, 0.3) is 11.3 Å². The average molecular weight is 213 g/mol. The van der Waals surface area contributed by atoms with Crippen molar-refractivity contribution in [3.8, 4) is 11.3 Å². The van der Waals surface area contributed by atoms with Crippen molar-refractivity contribution in [2.24, 2.45) is 0 Å². The number of ether oxygens (including phenoxy) is 1. The molecule has 2 nitrogen and oxygen atoms in total. The van der Waals surface area contributed by atoms with Gasteiger partial charge in [0.1, 0.15) is 0 Å². The van der Waals surface area contributed by atoms with E-state index in [1.165, 1.54) is 5.56 Å². The molecule has 0 saturated carbocycles. The lowest BCUT2D eigenvalue weighted by molar-refractivity contribution is 0.185. The topological polar surface area (TPSA) is 22.1 Å². The average Bonchev–Trinajstić information content (AvgIpc) is 2.30. The number of nitrogens with zero attached hydrogens (tertiary/aromatic N) is 1. The van der Waals surface area contributed by atoms with Crippen LogP contribution < -0.4 is 0 Å². The van der Waals surface area contributed by atoms with E-state index < -0.39 is 0 Å². The maximum atomic E-state index is 5.08. The van der Waals surface area contributed by atoms with Gasteiger partial charge >= 0.3 is 0 Å². The van der Waals surface area contributed by atoms with Gasteiger partial charge < -0.3 is 4.74 Å². The van der Waals surface area contributed by atoms with Crippen LogP contribution in [0.3, 0.4) is 0 Å². The number of hydrogen-bond donors (Lipinski definition) is 0. The normalized spacial score (nSPS) is 10.4. The molecule has 16 heavy (non-hydrogen) atoms. The number of rotatable bonds is 3. The summed E-state index contributed by atoms with van der Waals surface area (Å²) in [6, 6.07) is 14.4. The minimum absolute atomic E-state index is 0.654. The molecule has 0 aliphatic rings. The van der Waals surface area contributed by atoms with E-state index in [1.807, 2.05) is 25.1 Å². The molecule has 0 aliphatic heterocycles. The number of methoxy groups -OCH3 is 1. The fraction of sp³-hybridized carbons (Fsp3) is 0.214. The van der Waals surface area contributed by atoms with Crippen LogP contribution in [0.15, 0.2) is 42.5 Å². The highest BCUT2D eigenvalue weighted by molar-refractivity contribution is 5.59. The molecular weight excluding hydrogens is 198 g/mol. The summed E-state index contributed by atoms with van der Waals surface area (Å²) < 4.78 is 5.08. The summed E-state index contributed by atoms with van der Waals surface area (Å²) >= 11 is 0. The van der Waals surface area contributed by atoms with E-state index in [0.29, 0.717) is 6.61 Å². The number of hydrogen-bond acceptors (Lipinski definition) is 2. The molecule has 2 heteroatoms. The van der Waals surface area contributed by atoms with E-state index in [4.69, 9.17) is 4.74 Å². The minimum Gasteiger partial charge on any atom is -0.380 e. The molecule has 0 atom stereocenters. The number of aryl methyl sites for hydroxylation is 1. The molecule has 82 valence electrons. The fourth-order valence-electron chi connectivity index (χ4n) is 1.64. The highest BCUT2D eigenvalue weighted by Gasteiger charge is 1.99. The molecule has 0 radical (unpaired) electrons. The first-order valence-electron chi connectivity index (χ1n) is 5.31. The first kappa shape index (κ1) is 10.8. The van der Waals surface area contributed by atoms with Gasteiger partial charge in [-0.3, -0.25) is 4.98 Å². The van der Waals surface area contributed by atoms with Crippen LogP contribution in [-0.2, 0) is 11.3 Å². The van der Waals surface area contributed by atoms with Gasteiger partial charge in [-0.15, -0.1) is 0 Å². The van der Waals surface area contributed by atoms with Crippen LogP contribution in [0.2, 0.25) is 0 Å². The van der Waals surface area contributed by atoms with Gasteiger partial charge in [-0.2, -0.15) is 0 Å².